The van der Waals surface area contributed by atoms with Gasteiger partial charge in [-0.1, -0.05) is 18.2 Å². The highest BCUT2D eigenvalue weighted by molar-refractivity contribution is 5.37. The highest BCUT2D eigenvalue weighted by Gasteiger charge is 2.29. The van der Waals surface area contributed by atoms with Crippen LogP contribution < -0.4 is 0 Å². The molecule has 0 amide bonds. The summed E-state index contributed by atoms with van der Waals surface area (Å²) in [6, 6.07) is 7.74. The Morgan fingerprint density at radius 3 is 2.94 bits per heavy atom. The van der Waals surface area contributed by atoms with E-state index in [1.807, 2.05) is 0 Å². The molecule has 1 aromatic rings. The van der Waals surface area contributed by atoms with Crippen molar-refractivity contribution in [2.75, 3.05) is 19.7 Å². The van der Waals surface area contributed by atoms with Gasteiger partial charge in [-0.15, -0.1) is 0 Å². The zero-order chi connectivity index (χ0) is 12.5. The molecule has 1 aliphatic heterocycles. The van der Waals surface area contributed by atoms with Crippen molar-refractivity contribution in [2.45, 2.75) is 44.6 Å². The third-order valence-corrected chi connectivity index (χ3v) is 4.69. The molecule has 98 valence electrons. The first kappa shape index (κ1) is 12.2. The number of aliphatic hydroxyl groups excluding tert-OH is 1. The Balaban J connectivity index is 1.76. The zero-order valence-corrected chi connectivity index (χ0v) is 11.2. The highest BCUT2D eigenvalue weighted by Crippen LogP contribution is 2.33. The maximum absolute atomic E-state index is 9.09. The largest absolute Gasteiger partial charge is 0.395 e. The van der Waals surface area contributed by atoms with Crippen molar-refractivity contribution in [3.8, 4) is 0 Å². The Hall–Kier alpha value is -0.860. The second-order valence-corrected chi connectivity index (χ2v) is 5.88. The van der Waals surface area contributed by atoms with Crippen LogP contribution in [0.2, 0.25) is 0 Å². The number of hydrogen-bond donors (Lipinski definition) is 1. The summed E-state index contributed by atoms with van der Waals surface area (Å²) >= 11 is 0. The van der Waals surface area contributed by atoms with Gasteiger partial charge < -0.3 is 5.11 Å². The molecule has 1 aromatic carbocycles. The van der Waals surface area contributed by atoms with Crippen molar-refractivity contribution in [3.63, 3.8) is 0 Å². The molecule has 1 heterocycles. The lowest BCUT2D eigenvalue weighted by molar-refractivity contribution is 0.191. The average molecular weight is 245 g/mol. The molecule has 0 aromatic heterocycles. The molecule has 1 N–H and O–H groups in total. The molecule has 0 radical (unpaired) electrons. The number of likely N-dealkylation sites (tertiary alicyclic amines) is 1. The van der Waals surface area contributed by atoms with E-state index in [0.29, 0.717) is 12.0 Å². The molecule has 0 spiro atoms. The molecule has 1 aliphatic carbocycles. The number of aryl methyl sites for hydroxylation is 2. The van der Waals surface area contributed by atoms with Crippen molar-refractivity contribution in [2.24, 2.45) is 0 Å². The Kier molecular flexibility index (Phi) is 3.40. The van der Waals surface area contributed by atoms with Crippen LogP contribution in [-0.4, -0.2) is 35.7 Å². The fraction of sp³-hybridized carbons (Fsp3) is 0.625. The van der Waals surface area contributed by atoms with Crippen LogP contribution in [0.4, 0.5) is 0 Å². The first-order valence-corrected chi connectivity index (χ1v) is 7.24. The minimum atomic E-state index is 0.279. The maximum Gasteiger partial charge on any atom is 0.0558 e. The highest BCUT2D eigenvalue weighted by atomic mass is 16.3. The van der Waals surface area contributed by atoms with Crippen LogP contribution in [0.15, 0.2) is 18.2 Å². The van der Waals surface area contributed by atoms with E-state index in [1.54, 1.807) is 11.1 Å². The van der Waals surface area contributed by atoms with E-state index in [9.17, 15) is 0 Å². The summed E-state index contributed by atoms with van der Waals surface area (Å²) in [6.45, 7) is 4.49. The van der Waals surface area contributed by atoms with E-state index in [2.05, 4.69) is 30.0 Å². The van der Waals surface area contributed by atoms with Gasteiger partial charge in [0.05, 0.1) is 6.61 Å². The van der Waals surface area contributed by atoms with E-state index in [0.717, 1.165) is 13.1 Å². The van der Waals surface area contributed by atoms with Crippen LogP contribution in [0.3, 0.4) is 0 Å². The summed E-state index contributed by atoms with van der Waals surface area (Å²) in [7, 11) is 0. The first-order chi connectivity index (χ1) is 8.78. The molecule has 2 nitrogen and oxygen atoms in total. The summed E-state index contributed by atoms with van der Waals surface area (Å²) in [6.07, 6.45) is 5.11. The third-order valence-electron chi connectivity index (χ3n) is 4.69. The fourth-order valence-electron chi connectivity index (χ4n) is 3.63. The SMILES string of the molecule is CC1CC(c2ccc3c(c2)CCC3)CN1CCO. The van der Waals surface area contributed by atoms with Crippen LogP contribution in [0, 0.1) is 0 Å². The summed E-state index contributed by atoms with van der Waals surface area (Å²) < 4.78 is 0. The smallest absolute Gasteiger partial charge is 0.0558 e. The van der Waals surface area contributed by atoms with Gasteiger partial charge >= 0.3 is 0 Å². The van der Waals surface area contributed by atoms with Gasteiger partial charge in [-0.2, -0.15) is 0 Å². The lowest BCUT2D eigenvalue weighted by Crippen LogP contribution is -2.29. The number of benzene rings is 1. The lowest BCUT2D eigenvalue weighted by Gasteiger charge is -2.19. The van der Waals surface area contributed by atoms with Gasteiger partial charge in [0.2, 0.25) is 0 Å². The first-order valence-electron chi connectivity index (χ1n) is 7.24. The summed E-state index contributed by atoms with van der Waals surface area (Å²) in [5.74, 6) is 0.664. The molecule has 1 fully saturated rings. The van der Waals surface area contributed by atoms with Crippen LogP contribution in [-0.2, 0) is 12.8 Å². The third kappa shape index (κ3) is 2.19. The predicted molar refractivity (Wildman–Crippen MR) is 73.9 cm³/mol. The molecule has 1 saturated heterocycles. The molecular weight excluding hydrogens is 222 g/mol. The molecule has 2 atom stereocenters. The van der Waals surface area contributed by atoms with Crippen LogP contribution >= 0.6 is 0 Å². The molecule has 2 aliphatic rings. The van der Waals surface area contributed by atoms with Gasteiger partial charge in [-0.05, 0) is 55.2 Å². The lowest BCUT2D eigenvalue weighted by atomic mass is 9.94. The van der Waals surface area contributed by atoms with Crippen molar-refractivity contribution < 1.29 is 5.11 Å². The molecule has 0 saturated carbocycles. The minimum absolute atomic E-state index is 0.279. The molecule has 3 rings (SSSR count). The number of rotatable bonds is 3. The molecule has 0 bridgehead atoms. The molecule has 18 heavy (non-hydrogen) atoms. The molecule has 2 unspecified atom stereocenters. The number of hydrogen-bond acceptors (Lipinski definition) is 2. The van der Waals surface area contributed by atoms with E-state index in [4.69, 9.17) is 5.11 Å². The second kappa shape index (κ2) is 5.02. The predicted octanol–water partition coefficient (Wildman–Crippen LogP) is 2.35. The summed E-state index contributed by atoms with van der Waals surface area (Å²) in [5.41, 5.74) is 4.67. The van der Waals surface area contributed by atoms with E-state index in [-0.39, 0.29) is 6.61 Å². The number of β-amino-alcohol motifs (C(OH)–C–C–N with tert-alkyl or cyclic N) is 1. The normalized spacial score (nSPS) is 27.7. The van der Waals surface area contributed by atoms with Gasteiger partial charge in [0.25, 0.3) is 0 Å². The Labute approximate surface area is 110 Å². The van der Waals surface area contributed by atoms with Crippen molar-refractivity contribution in [3.05, 3.63) is 34.9 Å². The summed E-state index contributed by atoms with van der Waals surface area (Å²) in [5, 5.41) is 9.09. The number of aliphatic hydroxyl groups is 1. The standard InChI is InChI=1S/C16H23NO/c1-12-9-16(11-17(12)7-8-18)15-6-5-13-3-2-4-14(13)10-15/h5-6,10,12,16,18H,2-4,7-9,11H2,1H3. The molecule has 2 heteroatoms. The van der Waals surface area contributed by atoms with E-state index < -0.39 is 0 Å². The maximum atomic E-state index is 9.09. The Morgan fingerprint density at radius 2 is 2.11 bits per heavy atom. The van der Waals surface area contributed by atoms with Gasteiger partial charge in [0.15, 0.2) is 0 Å². The average Bonchev–Trinajstić information content (AvgIpc) is 2.96. The van der Waals surface area contributed by atoms with Gasteiger partial charge in [0, 0.05) is 19.1 Å². The number of nitrogens with zero attached hydrogens (tertiary/aromatic N) is 1. The summed E-state index contributed by atoms with van der Waals surface area (Å²) in [4.78, 5) is 2.41. The second-order valence-electron chi connectivity index (χ2n) is 5.88. The fourth-order valence-corrected chi connectivity index (χ4v) is 3.63. The van der Waals surface area contributed by atoms with Crippen LogP contribution in [0.1, 0.15) is 42.4 Å². The zero-order valence-electron chi connectivity index (χ0n) is 11.2. The van der Waals surface area contributed by atoms with Gasteiger partial charge in [-0.3, -0.25) is 4.90 Å². The van der Waals surface area contributed by atoms with Gasteiger partial charge in [-0.25, -0.2) is 0 Å². The monoisotopic (exact) mass is 245 g/mol. The van der Waals surface area contributed by atoms with Crippen LogP contribution in [0.5, 0.6) is 0 Å². The van der Waals surface area contributed by atoms with Crippen LogP contribution in [0.25, 0.3) is 0 Å². The Bertz CT molecular complexity index is 429. The molecular formula is C16H23NO. The van der Waals surface area contributed by atoms with Crippen molar-refractivity contribution >= 4 is 0 Å². The van der Waals surface area contributed by atoms with E-state index in [1.165, 1.54) is 31.2 Å². The quantitative estimate of drug-likeness (QED) is 0.883. The van der Waals surface area contributed by atoms with Crippen molar-refractivity contribution in [1.29, 1.82) is 0 Å². The Morgan fingerprint density at radius 1 is 1.28 bits per heavy atom. The van der Waals surface area contributed by atoms with E-state index >= 15 is 0 Å². The van der Waals surface area contributed by atoms with Gasteiger partial charge in [0.1, 0.15) is 0 Å². The van der Waals surface area contributed by atoms with Crippen molar-refractivity contribution in [1.82, 2.24) is 4.90 Å². The minimum Gasteiger partial charge on any atom is -0.395 e. The topological polar surface area (TPSA) is 23.5 Å². The number of fused-ring (bicyclic) bond motifs is 1.